The number of aliphatic imine (C=N–C) groups is 1. The number of nitrogens with one attached hydrogen (secondary N) is 2. The molecule has 7 heteroatoms. The summed E-state index contributed by atoms with van der Waals surface area (Å²) >= 11 is 0. The van der Waals surface area contributed by atoms with E-state index in [1.54, 1.807) is 0 Å². The third-order valence-corrected chi connectivity index (χ3v) is 6.60. The summed E-state index contributed by atoms with van der Waals surface area (Å²) in [6.07, 6.45) is 12.1. The van der Waals surface area contributed by atoms with Gasteiger partial charge < -0.3 is 25.4 Å². The third kappa shape index (κ3) is 7.80. The van der Waals surface area contributed by atoms with Gasteiger partial charge in [-0.05, 0) is 57.9 Å². The fraction of sp³-hybridized carbons (Fsp3) is 0.692. The van der Waals surface area contributed by atoms with Crippen molar-refractivity contribution in [1.29, 1.82) is 0 Å². The molecule has 184 valence electrons. The molecular formula is C26H42N4O3. The maximum atomic E-state index is 13.1. The second kappa shape index (κ2) is 12.5. The Morgan fingerprint density at radius 2 is 2.06 bits per heavy atom. The van der Waals surface area contributed by atoms with Gasteiger partial charge in [0.15, 0.2) is 0 Å². The molecule has 2 heterocycles. The number of hydrogen-bond acceptors (Lipinski definition) is 6. The van der Waals surface area contributed by atoms with Crippen LogP contribution in [0.4, 0.5) is 0 Å². The number of piperidine rings is 1. The van der Waals surface area contributed by atoms with Crippen LogP contribution in [0.3, 0.4) is 0 Å². The standard InChI is InChI=1S/C26H42N4O3/c1-4-12-27-24-22(17-28-20(2)3)6-5-7-23(24)25(31)29-19-26(32)10-13-30(14-11-26)18-21-8-15-33-16-9-21/h5-7,17,20-21,28,32H,4,8-16,18-19H2,1-3H3,(H,29,31)/b22-17-,27-24+. The zero-order valence-electron chi connectivity index (χ0n) is 20.6. The highest BCUT2D eigenvalue weighted by atomic mass is 16.5. The minimum absolute atomic E-state index is 0.178. The Morgan fingerprint density at radius 3 is 2.73 bits per heavy atom. The van der Waals surface area contributed by atoms with Gasteiger partial charge in [-0.2, -0.15) is 0 Å². The van der Waals surface area contributed by atoms with Gasteiger partial charge in [0, 0.05) is 63.8 Å². The molecule has 0 saturated carbocycles. The second-order valence-corrected chi connectivity index (χ2v) is 9.85. The largest absolute Gasteiger partial charge is 0.388 e. The monoisotopic (exact) mass is 458 g/mol. The Labute approximate surface area is 199 Å². The Bertz CT molecular complexity index is 770. The second-order valence-electron chi connectivity index (χ2n) is 9.85. The number of allylic oxidation sites excluding steroid dienone is 4. The van der Waals surface area contributed by atoms with Gasteiger partial charge in [0.25, 0.3) is 5.91 Å². The van der Waals surface area contributed by atoms with Gasteiger partial charge in [-0.15, -0.1) is 0 Å². The van der Waals surface area contributed by atoms with Crippen molar-refractivity contribution in [3.05, 3.63) is 35.6 Å². The smallest absolute Gasteiger partial charge is 0.253 e. The van der Waals surface area contributed by atoms with Crippen LogP contribution in [0.5, 0.6) is 0 Å². The van der Waals surface area contributed by atoms with Crippen molar-refractivity contribution in [2.75, 3.05) is 45.9 Å². The summed E-state index contributed by atoms with van der Waals surface area (Å²) in [4.78, 5) is 20.2. The molecule has 2 fully saturated rings. The zero-order chi connectivity index (χ0) is 23.7. The number of likely N-dealkylation sites (tertiary alicyclic amines) is 1. The fourth-order valence-corrected chi connectivity index (χ4v) is 4.48. The lowest BCUT2D eigenvalue weighted by atomic mass is 9.89. The highest BCUT2D eigenvalue weighted by Gasteiger charge is 2.34. The van der Waals surface area contributed by atoms with Crippen LogP contribution in [-0.4, -0.2) is 79.2 Å². The van der Waals surface area contributed by atoms with Crippen LogP contribution in [-0.2, 0) is 9.53 Å². The van der Waals surface area contributed by atoms with E-state index in [1.807, 2.05) is 24.4 Å². The van der Waals surface area contributed by atoms with Gasteiger partial charge in [-0.25, -0.2) is 0 Å². The van der Waals surface area contributed by atoms with Crippen molar-refractivity contribution < 1.29 is 14.6 Å². The number of hydrogen-bond donors (Lipinski definition) is 3. The predicted molar refractivity (Wildman–Crippen MR) is 133 cm³/mol. The van der Waals surface area contributed by atoms with Gasteiger partial charge in [0.2, 0.25) is 0 Å². The molecule has 0 bridgehead atoms. The van der Waals surface area contributed by atoms with Crippen molar-refractivity contribution in [1.82, 2.24) is 15.5 Å². The van der Waals surface area contributed by atoms with E-state index in [0.717, 1.165) is 57.7 Å². The van der Waals surface area contributed by atoms with Crippen LogP contribution in [0, 0.1) is 5.92 Å². The fourth-order valence-electron chi connectivity index (χ4n) is 4.48. The molecule has 0 aromatic carbocycles. The van der Waals surface area contributed by atoms with Gasteiger partial charge in [0.05, 0.1) is 16.9 Å². The number of aliphatic hydroxyl groups is 1. The molecule has 0 aromatic rings. The van der Waals surface area contributed by atoms with E-state index in [9.17, 15) is 9.90 Å². The summed E-state index contributed by atoms with van der Waals surface area (Å²) in [7, 11) is 0. The van der Waals surface area contributed by atoms with E-state index in [1.165, 1.54) is 0 Å². The van der Waals surface area contributed by atoms with Crippen molar-refractivity contribution in [2.24, 2.45) is 10.9 Å². The predicted octanol–water partition coefficient (Wildman–Crippen LogP) is 2.59. The SMILES string of the molecule is CCC/N=C1/C(C(=O)NCC2(O)CCN(CC3CCOCC3)CC2)=CC=C/C1=C/NC(C)C. The number of rotatable bonds is 9. The van der Waals surface area contributed by atoms with E-state index in [0.29, 0.717) is 42.6 Å². The summed E-state index contributed by atoms with van der Waals surface area (Å²) in [5.74, 6) is 0.520. The van der Waals surface area contributed by atoms with Crippen LogP contribution < -0.4 is 10.6 Å². The Kier molecular flexibility index (Phi) is 9.71. The van der Waals surface area contributed by atoms with Gasteiger partial charge in [-0.1, -0.05) is 19.1 Å². The van der Waals surface area contributed by atoms with Crippen molar-refractivity contribution in [2.45, 2.75) is 64.5 Å². The van der Waals surface area contributed by atoms with Crippen LogP contribution in [0.2, 0.25) is 0 Å². The molecule has 1 amide bonds. The minimum atomic E-state index is -0.856. The molecule has 7 nitrogen and oxygen atoms in total. The quantitative estimate of drug-likeness (QED) is 0.494. The number of amides is 1. The molecule has 2 aliphatic heterocycles. The number of ether oxygens (including phenoxy) is 1. The summed E-state index contributed by atoms with van der Waals surface area (Å²) < 4.78 is 5.46. The van der Waals surface area contributed by atoms with Crippen molar-refractivity contribution in [3.8, 4) is 0 Å². The van der Waals surface area contributed by atoms with Crippen LogP contribution in [0.1, 0.15) is 52.9 Å². The first-order chi connectivity index (χ1) is 15.9. The molecule has 0 unspecified atom stereocenters. The molecule has 3 N–H and O–H groups in total. The average Bonchev–Trinajstić information content (AvgIpc) is 2.82. The average molecular weight is 459 g/mol. The maximum absolute atomic E-state index is 13.1. The highest BCUT2D eigenvalue weighted by molar-refractivity contribution is 6.29. The molecule has 3 aliphatic rings. The Morgan fingerprint density at radius 1 is 1.33 bits per heavy atom. The molecule has 1 aliphatic carbocycles. The molecule has 0 spiro atoms. The lowest BCUT2D eigenvalue weighted by molar-refractivity contribution is -0.118. The number of carbonyl (C=O) groups excluding carboxylic acids is 1. The lowest BCUT2D eigenvalue weighted by Gasteiger charge is -2.40. The van der Waals surface area contributed by atoms with Gasteiger partial charge in [-0.3, -0.25) is 9.79 Å². The van der Waals surface area contributed by atoms with E-state index in [-0.39, 0.29) is 12.5 Å². The van der Waals surface area contributed by atoms with Gasteiger partial charge >= 0.3 is 0 Å². The molecule has 3 rings (SSSR count). The van der Waals surface area contributed by atoms with Crippen molar-refractivity contribution >= 4 is 11.6 Å². The van der Waals surface area contributed by atoms with E-state index < -0.39 is 5.60 Å². The number of nitrogens with zero attached hydrogens (tertiary/aromatic N) is 2. The molecule has 2 saturated heterocycles. The molecular weight excluding hydrogens is 416 g/mol. The summed E-state index contributed by atoms with van der Waals surface area (Å²) in [6.45, 7) is 11.7. The van der Waals surface area contributed by atoms with Crippen LogP contribution in [0.25, 0.3) is 0 Å². The lowest BCUT2D eigenvalue weighted by Crippen LogP contribution is -2.52. The van der Waals surface area contributed by atoms with E-state index >= 15 is 0 Å². The first-order valence-electron chi connectivity index (χ1n) is 12.6. The summed E-state index contributed by atoms with van der Waals surface area (Å²) in [5, 5.41) is 17.4. The van der Waals surface area contributed by atoms with Gasteiger partial charge in [0.1, 0.15) is 0 Å². The van der Waals surface area contributed by atoms with Crippen LogP contribution >= 0.6 is 0 Å². The first kappa shape index (κ1) is 25.7. The Balaban J connectivity index is 1.54. The maximum Gasteiger partial charge on any atom is 0.253 e. The van der Waals surface area contributed by atoms with Crippen LogP contribution in [0.15, 0.2) is 40.6 Å². The summed E-state index contributed by atoms with van der Waals surface area (Å²) in [6, 6.07) is 0.299. The third-order valence-electron chi connectivity index (χ3n) is 6.60. The molecule has 0 radical (unpaired) electrons. The van der Waals surface area contributed by atoms with Crippen molar-refractivity contribution in [3.63, 3.8) is 0 Å². The highest BCUT2D eigenvalue weighted by Crippen LogP contribution is 2.25. The molecule has 33 heavy (non-hydrogen) atoms. The number of carbonyl (C=O) groups is 1. The summed E-state index contributed by atoms with van der Waals surface area (Å²) in [5.41, 5.74) is 1.32. The Hall–Kier alpha value is -1.96. The molecule has 0 aromatic heterocycles. The normalized spacial score (nSPS) is 24.3. The molecule has 0 atom stereocenters. The zero-order valence-corrected chi connectivity index (χ0v) is 20.6. The van der Waals surface area contributed by atoms with E-state index in [4.69, 9.17) is 9.73 Å². The van der Waals surface area contributed by atoms with E-state index in [2.05, 4.69) is 36.3 Å². The topological polar surface area (TPSA) is 86.2 Å². The first-order valence-corrected chi connectivity index (χ1v) is 12.6. The minimum Gasteiger partial charge on any atom is -0.388 e.